The summed E-state index contributed by atoms with van der Waals surface area (Å²) in [5.74, 6) is -1.69. The van der Waals surface area contributed by atoms with E-state index in [0.717, 1.165) is 11.1 Å². The number of ether oxygens (including phenoxy) is 2. The molecule has 0 aromatic heterocycles. The van der Waals surface area contributed by atoms with Gasteiger partial charge in [-0.1, -0.05) is 47.5 Å². The largest absolute Gasteiger partial charge is 0.466 e. The molecule has 0 unspecified atom stereocenters. The number of nitrogens with zero attached hydrogens (tertiary/aromatic N) is 1. The van der Waals surface area contributed by atoms with E-state index >= 15 is 0 Å². The van der Waals surface area contributed by atoms with Gasteiger partial charge < -0.3 is 14.4 Å². The Labute approximate surface area is 179 Å². The third-order valence-corrected chi connectivity index (χ3v) is 5.06. The Balaban J connectivity index is 2.05. The smallest absolute Gasteiger partial charge is 0.336 e. The number of carbonyl (C=O) groups is 2. The molecule has 0 saturated heterocycles. The van der Waals surface area contributed by atoms with E-state index in [1.165, 1.54) is 14.2 Å². The maximum atomic E-state index is 12.6. The lowest BCUT2D eigenvalue weighted by molar-refractivity contribution is -0.137. The molecule has 7 heteroatoms. The summed E-state index contributed by atoms with van der Waals surface area (Å²) < 4.78 is 9.97. The van der Waals surface area contributed by atoms with Crippen molar-refractivity contribution in [2.45, 2.75) is 12.5 Å². The minimum Gasteiger partial charge on any atom is -0.466 e. The van der Waals surface area contributed by atoms with Gasteiger partial charge in [0.1, 0.15) is 0 Å². The van der Waals surface area contributed by atoms with Crippen molar-refractivity contribution in [1.82, 2.24) is 4.90 Å². The van der Waals surface area contributed by atoms with Crippen LogP contribution < -0.4 is 0 Å². The maximum absolute atomic E-state index is 12.6. The van der Waals surface area contributed by atoms with Gasteiger partial charge in [-0.05, 0) is 35.4 Å². The predicted octanol–water partition coefficient (Wildman–Crippen LogP) is 4.71. The molecule has 1 aliphatic rings. The SMILES string of the molecule is COC(=O)C1=CN(Cc2ccc(Cl)cc2)C=C(C(=O)OC)C1c1ccc(Cl)cc1. The van der Waals surface area contributed by atoms with Crippen LogP contribution in [0.2, 0.25) is 10.0 Å². The summed E-state index contributed by atoms with van der Waals surface area (Å²) in [6.07, 6.45) is 3.37. The minimum absolute atomic E-state index is 0.326. The fourth-order valence-electron chi connectivity index (χ4n) is 3.19. The van der Waals surface area contributed by atoms with Crippen LogP contribution in [0.1, 0.15) is 17.0 Å². The Hall–Kier alpha value is -2.76. The Bertz CT molecular complexity index is 931. The van der Waals surface area contributed by atoms with Gasteiger partial charge in [0.15, 0.2) is 0 Å². The molecule has 1 aliphatic heterocycles. The van der Waals surface area contributed by atoms with Crippen molar-refractivity contribution in [1.29, 1.82) is 0 Å². The first kappa shape index (κ1) is 21.0. The van der Waals surface area contributed by atoms with Crippen molar-refractivity contribution in [3.63, 3.8) is 0 Å². The highest BCUT2D eigenvalue weighted by molar-refractivity contribution is 6.30. The van der Waals surface area contributed by atoms with E-state index < -0.39 is 17.9 Å². The molecule has 0 saturated carbocycles. The topological polar surface area (TPSA) is 55.8 Å². The number of carbonyl (C=O) groups excluding carboxylic acids is 2. The molecule has 29 heavy (non-hydrogen) atoms. The Morgan fingerprint density at radius 2 is 1.28 bits per heavy atom. The van der Waals surface area contributed by atoms with E-state index in [2.05, 4.69) is 0 Å². The predicted molar refractivity (Wildman–Crippen MR) is 111 cm³/mol. The zero-order valence-electron chi connectivity index (χ0n) is 15.9. The molecule has 150 valence electrons. The van der Waals surface area contributed by atoms with Crippen LogP contribution in [0.25, 0.3) is 0 Å². The molecule has 2 aromatic rings. The lowest BCUT2D eigenvalue weighted by atomic mass is 9.83. The van der Waals surface area contributed by atoms with Crippen molar-refractivity contribution in [2.75, 3.05) is 14.2 Å². The van der Waals surface area contributed by atoms with E-state index in [1.807, 2.05) is 12.1 Å². The second-order valence-electron chi connectivity index (χ2n) is 6.44. The fourth-order valence-corrected chi connectivity index (χ4v) is 3.45. The molecule has 0 fully saturated rings. The van der Waals surface area contributed by atoms with Crippen molar-refractivity contribution < 1.29 is 19.1 Å². The van der Waals surface area contributed by atoms with Crippen molar-refractivity contribution in [2.24, 2.45) is 0 Å². The van der Waals surface area contributed by atoms with Crippen LogP contribution in [0.3, 0.4) is 0 Å². The molecule has 0 N–H and O–H groups in total. The van der Waals surface area contributed by atoms with Gasteiger partial charge in [-0.3, -0.25) is 0 Å². The van der Waals surface area contributed by atoms with Gasteiger partial charge in [-0.25, -0.2) is 9.59 Å². The van der Waals surface area contributed by atoms with Crippen LogP contribution in [-0.4, -0.2) is 31.1 Å². The lowest BCUT2D eigenvalue weighted by Crippen LogP contribution is -2.28. The van der Waals surface area contributed by atoms with E-state index in [9.17, 15) is 9.59 Å². The highest BCUT2D eigenvalue weighted by atomic mass is 35.5. The normalized spacial score (nSPS) is 14.1. The molecule has 2 aromatic carbocycles. The third kappa shape index (κ3) is 4.81. The second kappa shape index (κ2) is 9.16. The quantitative estimate of drug-likeness (QED) is 0.641. The van der Waals surface area contributed by atoms with Crippen LogP contribution in [0.5, 0.6) is 0 Å². The minimum atomic E-state index is -0.631. The van der Waals surface area contributed by atoms with Gasteiger partial charge in [-0.15, -0.1) is 0 Å². The number of esters is 2. The highest BCUT2D eigenvalue weighted by Crippen LogP contribution is 2.37. The molecule has 5 nitrogen and oxygen atoms in total. The molecular weight excluding hydrogens is 413 g/mol. The summed E-state index contributed by atoms with van der Waals surface area (Å²) in [7, 11) is 2.61. The van der Waals surface area contributed by atoms with Crippen molar-refractivity contribution in [3.8, 4) is 0 Å². The van der Waals surface area contributed by atoms with Crippen molar-refractivity contribution >= 4 is 35.1 Å². The van der Waals surface area contributed by atoms with Gasteiger partial charge >= 0.3 is 11.9 Å². The van der Waals surface area contributed by atoms with Crippen molar-refractivity contribution in [3.05, 3.63) is 93.2 Å². The molecule has 1 heterocycles. The Morgan fingerprint density at radius 3 is 1.72 bits per heavy atom. The van der Waals surface area contributed by atoms with Crippen LogP contribution in [0, 0.1) is 0 Å². The number of rotatable bonds is 5. The molecule has 0 radical (unpaired) electrons. The second-order valence-corrected chi connectivity index (χ2v) is 7.31. The lowest BCUT2D eigenvalue weighted by Gasteiger charge is -2.30. The monoisotopic (exact) mass is 431 g/mol. The highest BCUT2D eigenvalue weighted by Gasteiger charge is 2.35. The van der Waals surface area contributed by atoms with Gasteiger partial charge in [0.25, 0.3) is 0 Å². The summed E-state index contributed by atoms with van der Waals surface area (Å²) in [5, 5.41) is 1.19. The zero-order valence-corrected chi connectivity index (χ0v) is 17.4. The maximum Gasteiger partial charge on any atom is 0.336 e. The molecule has 3 rings (SSSR count). The third-order valence-electron chi connectivity index (χ3n) is 4.56. The summed E-state index contributed by atoms with van der Waals surface area (Å²) in [4.78, 5) is 26.9. The first-order valence-corrected chi connectivity index (χ1v) is 9.54. The first-order valence-electron chi connectivity index (χ1n) is 8.78. The van der Waals surface area contributed by atoms with Gasteiger partial charge in [0.05, 0.1) is 31.3 Å². The number of methoxy groups -OCH3 is 2. The van der Waals surface area contributed by atoms with Crippen LogP contribution in [0.4, 0.5) is 0 Å². The first-order chi connectivity index (χ1) is 13.9. The average Bonchev–Trinajstić information content (AvgIpc) is 2.74. The van der Waals surface area contributed by atoms with E-state index in [4.69, 9.17) is 32.7 Å². The summed E-state index contributed by atoms with van der Waals surface area (Å²) in [6, 6.07) is 14.3. The molecule has 0 bridgehead atoms. The summed E-state index contributed by atoms with van der Waals surface area (Å²) in [5.41, 5.74) is 2.34. The van der Waals surface area contributed by atoms with Gasteiger partial charge in [-0.2, -0.15) is 0 Å². The zero-order chi connectivity index (χ0) is 21.0. The molecule has 0 atom stereocenters. The molecule has 0 spiro atoms. The molecule has 0 amide bonds. The molecule has 0 aliphatic carbocycles. The Kier molecular flexibility index (Phi) is 6.62. The van der Waals surface area contributed by atoms with E-state index in [-0.39, 0.29) is 0 Å². The van der Waals surface area contributed by atoms with Crippen LogP contribution in [-0.2, 0) is 25.6 Å². The van der Waals surface area contributed by atoms with E-state index in [0.29, 0.717) is 27.7 Å². The number of hydrogen-bond donors (Lipinski definition) is 0. The van der Waals surface area contributed by atoms with E-state index in [1.54, 1.807) is 53.7 Å². The fraction of sp³-hybridized carbons (Fsp3) is 0.182. The molecular formula is C22H19Cl2NO4. The van der Waals surface area contributed by atoms with Gasteiger partial charge in [0, 0.05) is 29.0 Å². The Morgan fingerprint density at radius 1 is 0.828 bits per heavy atom. The summed E-state index contributed by atoms with van der Waals surface area (Å²) >= 11 is 11.9. The number of hydrogen-bond acceptors (Lipinski definition) is 5. The summed E-state index contributed by atoms with van der Waals surface area (Å²) in [6.45, 7) is 0.436. The average molecular weight is 432 g/mol. The number of halogens is 2. The number of benzene rings is 2. The van der Waals surface area contributed by atoms with Gasteiger partial charge in [0.2, 0.25) is 0 Å². The van der Waals surface area contributed by atoms with Crippen LogP contribution in [0.15, 0.2) is 72.1 Å². The van der Waals surface area contributed by atoms with Crippen LogP contribution >= 0.6 is 23.2 Å². The standard InChI is InChI=1S/C22H19Cl2NO4/c1-28-21(26)18-12-25(11-14-3-7-16(23)8-4-14)13-19(22(27)29-2)20(18)15-5-9-17(24)10-6-15/h3-10,12-13,20H,11H2,1-2H3.